The van der Waals surface area contributed by atoms with Crippen molar-refractivity contribution in [3.05, 3.63) is 80.8 Å². The van der Waals surface area contributed by atoms with Crippen molar-refractivity contribution in [2.24, 2.45) is 5.92 Å². The van der Waals surface area contributed by atoms with Gasteiger partial charge in [-0.3, -0.25) is 19.4 Å². The Hall–Kier alpha value is -3.48. The number of hydrogen-bond acceptors (Lipinski definition) is 4. The normalized spacial score (nSPS) is 16.2. The zero-order valence-corrected chi connectivity index (χ0v) is 16.6. The van der Waals surface area contributed by atoms with Gasteiger partial charge in [-0.15, -0.1) is 0 Å². The highest BCUT2D eigenvalue weighted by Crippen LogP contribution is 2.25. The summed E-state index contributed by atoms with van der Waals surface area (Å²) >= 11 is 0. The van der Waals surface area contributed by atoms with E-state index in [1.165, 1.54) is 26.9 Å². The Bertz CT molecular complexity index is 1290. The standard InChI is InChI=1S/C22H22N4O3/c1-14-8-4-5-10-18(14)26-22(29)21-15(2)24(13-17-9-6-7-11-23-17)20(28)12-19(21)25(26)16(3)27/h4-7,9-12,14H,8,13H2,1-3H3. The second-order valence-electron chi connectivity index (χ2n) is 7.34. The zero-order valence-electron chi connectivity index (χ0n) is 16.6. The Morgan fingerprint density at radius 3 is 2.72 bits per heavy atom. The van der Waals surface area contributed by atoms with Crippen LogP contribution in [0.3, 0.4) is 0 Å². The van der Waals surface area contributed by atoms with Crippen LogP contribution in [0.4, 0.5) is 0 Å². The maximum Gasteiger partial charge on any atom is 0.281 e. The molecule has 3 aromatic heterocycles. The highest BCUT2D eigenvalue weighted by molar-refractivity contribution is 5.92. The number of fused-ring (bicyclic) bond motifs is 1. The maximum atomic E-state index is 13.4. The van der Waals surface area contributed by atoms with Crippen LogP contribution in [0, 0.1) is 12.8 Å². The minimum absolute atomic E-state index is 0.0767. The van der Waals surface area contributed by atoms with Crippen LogP contribution in [0.1, 0.15) is 36.5 Å². The van der Waals surface area contributed by atoms with Gasteiger partial charge in [0.15, 0.2) is 0 Å². The van der Waals surface area contributed by atoms with Crippen molar-refractivity contribution in [2.45, 2.75) is 33.7 Å². The van der Waals surface area contributed by atoms with E-state index in [1.807, 2.05) is 43.4 Å². The molecule has 0 radical (unpaired) electrons. The monoisotopic (exact) mass is 390 g/mol. The molecule has 3 heterocycles. The third-order valence-corrected chi connectivity index (χ3v) is 5.37. The molecule has 0 bridgehead atoms. The molecule has 0 saturated heterocycles. The summed E-state index contributed by atoms with van der Waals surface area (Å²) < 4.78 is 4.26. The smallest absolute Gasteiger partial charge is 0.281 e. The minimum atomic E-state index is -0.318. The molecule has 4 rings (SSSR count). The topological polar surface area (TPSA) is 78.9 Å². The third kappa shape index (κ3) is 3.08. The van der Waals surface area contributed by atoms with Gasteiger partial charge in [-0.2, -0.15) is 0 Å². The van der Waals surface area contributed by atoms with Gasteiger partial charge < -0.3 is 4.57 Å². The largest absolute Gasteiger partial charge is 0.306 e. The number of aromatic nitrogens is 4. The molecule has 1 atom stereocenters. The summed E-state index contributed by atoms with van der Waals surface area (Å²) in [6, 6.07) is 6.86. The van der Waals surface area contributed by atoms with E-state index >= 15 is 0 Å². The van der Waals surface area contributed by atoms with E-state index in [2.05, 4.69) is 4.98 Å². The van der Waals surface area contributed by atoms with Gasteiger partial charge in [-0.1, -0.05) is 25.1 Å². The van der Waals surface area contributed by atoms with Crippen LogP contribution in [0.25, 0.3) is 16.6 Å². The number of carbonyl (C=O) groups excluding carboxylic acids is 1. The number of carbonyl (C=O) groups is 1. The van der Waals surface area contributed by atoms with Crippen LogP contribution < -0.4 is 11.1 Å². The van der Waals surface area contributed by atoms with Gasteiger partial charge in [0.05, 0.1) is 23.1 Å². The van der Waals surface area contributed by atoms with Gasteiger partial charge in [0.25, 0.3) is 11.1 Å². The molecule has 0 aromatic carbocycles. The lowest BCUT2D eigenvalue weighted by Gasteiger charge is -2.20. The van der Waals surface area contributed by atoms with Crippen molar-refractivity contribution in [3.63, 3.8) is 0 Å². The molecule has 29 heavy (non-hydrogen) atoms. The first-order chi connectivity index (χ1) is 13.9. The molecule has 148 valence electrons. The Morgan fingerprint density at radius 1 is 1.28 bits per heavy atom. The van der Waals surface area contributed by atoms with E-state index in [1.54, 1.807) is 13.1 Å². The van der Waals surface area contributed by atoms with Gasteiger partial charge in [-0.25, -0.2) is 9.36 Å². The van der Waals surface area contributed by atoms with Crippen molar-refractivity contribution in [3.8, 4) is 0 Å². The highest BCUT2D eigenvalue weighted by atomic mass is 16.2. The predicted octanol–water partition coefficient (Wildman–Crippen LogP) is 2.81. The third-order valence-electron chi connectivity index (χ3n) is 5.37. The summed E-state index contributed by atoms with van der Waals surface area (Å²) in [7, 11) is 0. The second kappa shape index (κ2) is 7.16. The first-order valence-corrected chi connectivity index (χ1v) is 9.56. The molecule has 1 aliphatic carbocycles. The number of allylic oxidation sites excluding steroid dienone is 4. The molecule has 1 aliphatic rings. The van der Waals surface area contributed by atoms with Crippen molar-refractivity contribution in [2.75, 3.05) is 0 Å². The van der Waals surface area contributed by atoms with Crippen molar-refractivity contribution in [1.29, 1.82) is 0 Å². The first kappa shape index (κ1) is 18.9. The Kier molecular flexibility index (Phi) is 4.66. The average molecular weight is 390 g/mol. The van der Waals surface area contributed by atoms with Crippen LogP contribution in [-0.4, -0.2) is 24.8 Å². The molecule has 0 spiro atoms. The van der Waals surface area contributed by atoms with E-state index < -0.39 is 0 Å². The molecule has 0 aliphatic heterocycles. The van der Waals surface area contributed by atoms with Crippen molar-refractivity contribution >= 4 is 22.5 Å². The molecule has 7 heteroatoms. The lowest BCUT2D eigenvalue weighted by molar-refractivity contribution is 0.0917. The lowest BCUT2D eigenvalue weighted by atomic mass is 9.99. The summed E-state index contributed by atoms with van der Waals surface area (Å²) in [5.74, 6) is -0.242. The van der Waals surface area contributed by atoms with Gasteiger partial charge in [0, 0.05) is 36.5 Å². The molecule has 1 unspecified atom stereocenters. The summed E-state index contributed by atoms with van der Waals surface area (Å²) in [4.78, 5) is 43.1. The molecule has 3 aromatic rings. The number of hydrogen-bond donors (Lipinski definition) is 0. The SMILES string of the molecule is CC(=O)n1c2cc(=O)n(Cc3ccccn3)c(C)c2c(=O)n1C1=CC=CCC1C. The second-order valence-corrected chi connectivity index (χ2v) is 7.34. The minimum Gasteiger partial charge on any atom is -0.306 e. The first-order valence-electron chi connectivity index (χ1n) is 9.56. The summed E-state index contributed by atoms with van der Waals surface area (Å²) in [6.07, 6.45) is 8.21. The molecule has 0 fully saturated rings. The van der Waals surface area contributed by atoms with E-state index in [-0.39, 0.29) is 29.5 Å². The maximum absolute atomic E-state index is 13.4. The molecule has 7 nitrogen and oxygen atoms in total. The summed E-state index contributed by atoms with van der Waals surface area (Å²) in [5.41, 5.74) is 1.75. The highest BCUT2D eigenvalue weighted by Gasteiger charge is 2.25. The van der Waals surface area contributed by atoms with Gasteiger partial charge in [0.1, 0.15) is 0 Å². The van der Waals surface area contributed by atoms with Crippen molar-refractivity contribution < 1.29 is 4.79 Å². The van der Waals surface area contributed by atoms with Gasteiger partial charge in [-0.05, 0) is 31.6 Å². The number of pyridine rings is 2. The predicted molar refractivity (Wildman–Crippen MR) is 112 cm³/mol. The number of nitrogens with zero attached hydrogens (tertiary/aromatic N) is 4. The van der Waals surface area contributed by atoms with Crippen LogP contribution in [0.2, 0.25) is 0 Å². The van der Waals surface area contributed by atoms with E-state index in [9.17, 15) is 14.4 Å². The fraction of sp³-hybridized carbons (Fsp3) is 0.273. The molecule has 0 amide bonds. The van der Waals surface area contributed by atoms with Crippen LogP contribution in [-0.2, 0) is 6.54 Å². The quantitative estimate of drug-likeness (QED) is 0.689. The molecular weight excluding hydrogens is 368 g/mol. The van der Waals surface area contributed by atoms with Crippen LogP contribution >= 0.6 is 0 Å². The zero-order chi connectivity index (χ0) is 20.7. The van der Waals surface area contributed by atoms with Gasteiger partial charge >= 0.3 is 0 Å². The van der Waals surface area contributed by atoms with Crippen LogP contribution in [0.15, 0.2) is 58.3 Å². The fourth-order valence-electron chi connectivity index (χ4n) is 3.90. The van der Waals surface area contributed by atoms with E-state index in [4.69, 9.17) is 0 Å². The molecular formula is C22H22N4O3. The molecule has 0 saturated carbocycles. The van der Waals surface area contributed by atoms with E-state index in [0.29, 0.717) is 16.6 Å². The fourth-order valence-corrected chi connectivity index (χ4v) is 3.90. The number of rotatable bonds is 3. The average Bonchev–Trinajstić information content (AvgIpc) is 2.98. The van der Waals surface area contributed by atoms with Crippen LogP contribution in [0.5, 0.6) is 0 Å². The Morgan fingerprint density at radius 2 is 2.07 bits per heavy atom. The summed E-state index contributed by atoms with van der Waals surface area (Å²) in [5, 5.41) is 0.374. The van der Waals surface area contributed by atoms with Crippen molar-refractivity contribution in [1.82, 2.24) is 18.9 Å². The Balaban J connectivity index is 2.02. The lowest BCUT2D eigenvalue weighted by Crippen LogP contribution is -2.28. The van der Waals surface area contributed by atoms with Gasteiger partial charge in [0.2, 0.25) is 5.91 Å². The summed E-state index contributed by atoms with van der Waals surface area (Å²) in [6.45, 7) is 5.40. The van der Waals surface area contributed by atoms with E-state index in [0.717, 1.165) is 17.8 Å². The Labute approximate surface area is 167 Å². The molecule has 0 N–H and O–H groups in total. The number of aryl methyl sites for hydroxylation is 1.